The van der Waals surface area contributed by atoms with Gasteiger partial charge >= 0.3 is 5.97 Å². The van der Waals surface area contributed by atoms with Gasteiger partial charge in [0.2, 0.25) is 17.7 Å². The lowest BCUT2D eigenvalue weighted by molar-refractivity contribution is -0.152. The highest BCUT2D eigenvalue weighted by Crippen LogP contribution is 2.26. The maximum absolute atomic E-state index is 13.7. The molecule has 0 aliphatic carbocycles. The SMILES string of the molecule is O=C(NC(Cc1ccc(O)cc1)C(=O)N1CCCC1C(=O)N1CCCC1C(=O)O)C1CCCN1. The predicted molar refractivity (Wildman–Crippen MR) is 122 cm³/mol. The van der Waals surface area contributed by atoms with Crippen LogP contribution in [0.2, 0.25) is 0 Å². The first kappa shape index (κ1) is 24.0. The molecule has 10 heteroatoms. The fourth-order valence-corrected chi connectivity index (χ4v) is 5.21. The van der Waals surface area contributed by atoms with Gasteiger partial charge in [0.25, 0.3) is 0 Å². The minimum atomic E-state index is -1.02. The Hall–Kier alpha value is -3.14. The monoisotopic (exact) mass is 472 g/mol. The van der Waals surface area contributed by atoms with E-state index in [1.165, 1.54) is 21.9 Å². The number of phenolic OH excluding ortho intramolecular Hbond substituents is 1. The average molecular weight is 473 g/mol. The number of nitrogens with one attached hydrogen (secondary N) is 2. The molecule has 3 fully saturated rings. The van der Waals surface area contributed by atoms with Crippen LogP contribution in [0, 0.1) is 0 Å². The summed E-state index contributed by atoms with van der Waals surface area (Å²) in [6.07, 6.45) is 3.94. The number of rotatable bonds is 7. The van der Waals surface area contributed by atoms with E-state index < -0.39 is 24.1 Å². The van der Waals surface area contributed by atoms with Crippen molar-refractivity contribution in [3.8, 4) is 5.75 Å². The average Bonchev–Trinajstić information content (AvgIpc) is 3.60. The summed E-state index contributed by atoms with van der Waals surface area (Å²) in [7, 11) is 0. The van der Waals surface area contributed by atoms with Gasteiger partial charge in [-0.05, 0) is 62.8 Å². The number of carboxylic acids is 1. The number of likely N-dealkylation sites (tertiary alicyclic amines) is 2. The molecule has 4 N–H and O–H groups in total. The van der Waals surface area contributed by atoms with Gasteiger partial charge < -0.3 is 30.6 Å². The Bertz CT molecular complexity index is 930. The Kier molecular flexibility index (Phi) is 7.35. The van der Waals surface area contributed by atoms with Crippen molar-refractivity contribution in [3.05, 3.63) is 29.8 Å². The van der Waals surface area contributed by atoms with Gasteiger partial charge in [0.1, 0.15) is 23.9 Å². The lowest BCUT2D eigenvalue weighted by atomic mass is 10.0. The molecule has 3 heterocycles. The third-order valence-electron chi connectivity index (χ3n) is 7.01. The Labute approximate surface area is 198 Å². The van der Waals surface area contributed by atoms with E-state index in [4.69, 9.17) is 0 Å². The molecule has 3 saturated heterocycles. The number of hydrogen-bond acceptors (Lipinski definition) is 6. The maximum Gasteiger partial charge on any atom is 0.326 e. The summed E-state index contributed by atoms with van der Waals surface area (Å²) in [5, 5.41) is 25.1. The van der Waals surface area contributed by atoms with Crippen LogP contribution in [0.5, 0.6) is 5.75 Å². The highest BCUT2D eigenvalue weighted by Gasteiger charge is 2.43. The van der Waals surface area contributed by atoms with Gasteiger partial charge in [-0.25, -0.2) is 4.79 Å². The summed E-state index contributed by atoms with van der Waals surface area (Å²) in [6, 6.07) is 3.64. The molecule has 4 unspecified atom stereocenters. The van der Waals surface area contributed by atoms with Crippen LogP contribution in [0.15, 0.2) is 24.3 Å². The van der Waals surface area contributed by atoms with Gasteiger partial charge in [0.15, 0.2) is 0 Å². The van der Waals surface area contributed by atoms with E-state index in [-0.39, 0.29) is 35.9 Å². The van der Waals surface area contributed by atoms with E-state index >= 15 is 0 Å². The highest BCUT2D eigenvalue weighted by atomic mass is 16.4. The van der Waals surface area contributed by atoms with Gasteiger partial charge in [0, 0.05) is 19.5 Å². The molecule has 34 heavy (non-hydrogen) atoms. The highest BCUT2D eigenvalue weighted by molar-refractivity contribution is 5.95. The van der Waals surface area contributed by atoms with Crippen molar-refractivity contribution in [2.24, 2.45) is 0 Å². The molecule has 3 aliphatic heterocycles. The third-order valence-corrected chi connectivity index (χ3v) is 7.01. The molecule has 3 aliphatic rings. The number of hydrogen-bond donors (Lipinski definition) is 4. The molecule has 184 valence electrons. The molecule has 4 rings (SSSR count). The van der Waals surface area contributed by atoms with E-state index in [0.29, 0.717) is 45.2 Å². The first-order valence-corrected chi connectivity index (χ1v) is 12.0. The van der Waals surface area contributed by atoms with Gasteiger partial charge in [-0.15, -0.1) is 0 Å². The minimum absolute atomic E-state index is 0.106. The van der Waals surface area contributed by atoms with Crippen LogP contribution in [0.4, 0.5) is 0 Å². The molecule has 0 bridgehead atoms. The molecule has 3 amide bonds. The molecule has 0 aromatic heterocycles. The normalized spacial score (nSPS) is 25.4. The van der Waals surface area contributed by atoms with Crippen molar-refractivity contribution in [3.63, 3.8) is 0 Å². The lowest BCUT2D eigenvalue weighted by Gasteiger charge is -2.32. The van der Waals surface area contributed by atoms with Crippen molar-refractivity contribution in [2.45, 2.75) is 69.1 Å². The number of carboxylic acid groups (broad SMARTS) is 1. The van der Waals surface area contributed by atoms with Crippen molar-refractivity contribution in [2.75, 3.05) is 19.6 Å². The molecule has 4 atom stereocenters. The van der Waals surface area contributed by atoms with Gasteiger partial charge in [-0.3, -0.25) is 14.4 Å². The summed E-state index contributed by atoms with van der Waals surface area (Å²) in [4.78, 5) is 54.2. The maximum atomic E-state index is 13.7. The lowest BCUT2D eigenvalue weighted by Crippen LogP contribution is -2.57. The van der Waals surface area contributed by atoms with Crippen LogP contribution in [0.25, 0.3) is 0 Å². The van der Waals surface area contributed by atoms with Crippen LogP contribution < -0.4 is 10.6 Å². The van der Waals surface area contributed by atoms with E-state index in [2.05, 4.69) is 10.6 Å². The van der Waals surface area contributed by atoms with E-state index in [1.54, 1.807) is 12.1 Å². The molecule has 1 aromatic carbocycles. The standard InChI is InChI=1S/C24H32N4O6/c29-16-9-7-15(8-10-16)14-18(26-21(30)17-4-1-11-25-17)22(31)27-12-2-5-19(27)23(32)28-13-3-6-20(28)24(33)34/h7-10,17-20,25,29H,1-6,11-14H2,(H,26,30)(H,33,34). The summed E-state index contributed by atoms with van der Waals surface area (Å²) in [5.74, 6) is -1.84. The molecular formula is C24H32N4O6. The minimum Gasteiger partial charge on any atom is -0.508 e. The number of nitrogens with zero attached hydrogens (tertiary/aromatic N) is 2. The van der Waals surface area contributed by atoms with Crippen molar-refractivity contribution in [1.29, 1.82) is 0 Å². The van der Waals surface area contributed by atoms with Crippen molar-refractivity contribution >= 4 is 23.7 Å². The topological polar surface area (TPSA) is 139 Å². The number of carbonyl (C=O) groups is 4. The van der Waals surface area contributed by atoms with Gasteiger partial charge in [0.05, 0.1) is 6.04 Å². The Morgan fingerprint density at radius 2 is 1.65 bits per heavy atom. The Morgan fingerprint density at radius 3 is 2.29 bits per heavy atom. The molecular weight excluding hydrogens is 440 g/mol. The molecule has 1 aromatic rings. The first-order chi connectivity index (χ1) is 16.3. The summed E-state index contributed by atoms with van der Waals surface area (Å²) < 4.78 is 0. The van der Waals surface area contributed by atoms with Gasteiger partial charge in [-0.1, -0.05) is 12.1 Å². The molecule has 0 spiro atoms. The Morgan fingerprint density at radius 1 is 0.971 bits per heavy atom. The van der Waals surface area contributed by atoms with Crippen LogP contribution in [0.1, 0.15) is 44.1 Å². The van der Waals surface area contributed by atoms with Crippen molar-refractivity contribution in [1.82, 2.24) is 20.4 Å². The van der Waals surface area contributed by atoms with E-state index in [9.17, 15) is 29.4 Å². The number of phenols is 1. The number of aliphatic carboxylic acids is 1. The summed E-state index contributed by atoms with van der Waals surface area (Å²) in [6.45, 7) is 1.50. The molecule has 0 saturated carbocycles. The molecule has 10 nitrogen and oxygen atoms in total. The van der Waals surface area contributed by atoms with E-state index in [0.717, 1.165) is 18.5 Å². The zero-order chi connectivity index (χ0) is 24.2. The summed E-state index contributed by atoms with van der Waals surface area (Å²) >= 11 is 0. The fraction of sp³-hybridized carbons (Fsp3) is 0.583. The number of amides is 3. The molecule has 0 radical (unpaired) electrons. The predicted octanol–water partition coefficient (Wildman–Crippen LogP) is 0.238. The second-order valence-electron chi connectivity index (χ2n) is 9.30. The quantitative estimate of drug-likeness (QED) is 0.446. The zero-order valence-corrected chi connectivity index (χ0v) is 19.1. The largest absolute Gasteiger partial charge is 0.508 e. The second-order valence-corrected chi connectivity index (χ2v) is 9.30. The smallest absolute Gasteiger partial charge is 0.326 e. The third kappa shape index (κ3) is 5.16. The van der Waals surface area contributed by atoms with Gasteiger partial charge in [-0.2, -0.15) is 0 Å². The fourth-order valence-electron chi connectivity index (χ4n) is 5.21. The number of benzene rings is 1. The number of aromatic hydroxyl groups is 1. The van der Waals surface area contributed by atoms with Crippen LogP contribution in [0.3, 0.4) is 0 Å². The number of carbonyl (C=O) groups excluding carboxylic acids is 3. The Balaban J connectivity index is 1.52. The van der Waals surface area contributed by atoms with E-state index in [1.807, 2.05) is 0 Å². The van der Waals surface area contributed by atoms with Crippen LogP contribution >= 0.6 is 0 Å². The second kappa shape index (κ2) is 10.4. The first-order valence-electron chi connectivity index (χ1n) is 12.0. The van der Waals surface area contributed by atoms with Crippen LogP contribution in [-0.4, -0.2) is 87.5 Å². The van der Waals surface area contributed by atoms with Crippen molar-refractivity contribution < 1.29 is 29.4 Å². The summed E-state index contributed by atoms with van der Waals surface area (Å²) in [5.41, 5.74) is 0.767. The van der Waals surface area contributed by atoms with Crippen LogP contribution in [-0.2, 0) is 25.6 Å². The zero-order valence-electron chi connectivity index (χ0n) is 19.1.